The normalized spacial score (nSPS) is 14.3. The van der Waals surface area contributed by atoms with Gasteiger partial charge in [0.2, 0.25) is 5.91 Å². The van der Waals surface area contributed by atoms with Crippen molar-refractivity contribution in [3.63, 3.8) is 0 Å². The van der Waals surface area contributed by atoms with Crippen LogP contribution < -0.4 is 20.7 Å². The summed E-state index contributed by atoms with van der Waals surface area (Å²) >= 11 is 0. The number of amides is 3. The first-order chi connectivity index (χ1) is 15.5. The maximum atomic E-state index is 12.2. The second-order valence-electron chi connectivity index (χ2n) is 8.02. The number of urea groups is 1. The van der Waals surface area contributed by atoms with Crippen LogP contribution in [0.2, 0.25) is 0 Å². The Kier molecular flexibility index (Phi) is 8.08. The Labute approximate surface area is 189 Å². The van der Waals surface area contributed by atoms with Crippen LogP contribution >= 0.6 is 0 Å². The van der Waals surface area contributed by atoms with Crippen molar-refractivity contribution in [3.8, 4) is 5.75 Å². The van der Waals surface area contributed by atoms with Crippen LogP contribution in [-0.2, 0) is 4.79 Å². The van der Waals surface area contributed by atoms with Gasteiger partial charge >= 0.3 is 6.03 Å². The predicted molar refractivity (Wildman–Crippen MR) is 129 cm³/mol. The number of nitrogens with one attached hydrogen (secondary N) is 3. The van der Waals surface area contributed by atoms with E-state index in [-0.39, 0.29) is 18.0 Å². The molecule has 0 fully saturated rings. The Bertz CT molecular complexity index is 1010. The van der Waals surface area contributed by atoms with Gasteiger partial charge < -0.3 is 20.7 Å². The molecule has 0 radical (unpaired) electrons. The van der Waals surface area contributed by atoms with Crippen molar-refractivity contribution in [2.75, 3.05) is 18.4 Å². The Balaban J connectivity index is 1.79. The molecule has 0 aromatic heterocycles. The van der Waals surface area contributed by atoms with E-state index >= 15 is 0 Å². The zero-order valence-electron chi connectivity index (χ0n) is 18.9. The van der Waals surface area contributed by atoms with Crippen LogP contribution in [0.25, 0.3) is 6.08 Å². The van der Waals surface area contributed by atoms with E-state index in [0.717, 1.165) is 34.4 Å². The van der Waals surface area contributed by atoms with E-state index < -0.39 is 0 Å². The molecule has 168 valence electrons. The van der Waals surface area contributed by atoms with Gasteiger partial charge in [-0.3, -0.25) is 4.79 Å². The van der Waals surface area contributed by atoms with E-state index in [9.17, 15) is 9.59 Å². The fourth-order valence-electron chi connectivity index (χ4n) is 3.42. The predicted octanol–water partition coefficient (Wildman–Crippen LogP) is 5.21. The zero-order chi connectivity index (χ0) is 22.9. The first-order valence-electron chi connectivity index (χ1n) is 11.0. The maximum absolute atomic E-state index is 12.2. The average molecular weight is 434 g/mol. The molecule has 6 nitrogen and oxygen atoms in total. The molecule has 0 aliphatic carbocycles. The third kappa shape index (κ3) is 6.48. The van der Waals surface area contributed by atoms with Gasteiger partial charge in [-0.15, -0.1) is 0 Å². The lowest BCUT2D eigenvalue weighted by Crippen LogP contribution is -2.29. The number of carbonyl (C=O) groups excluding carboxylic acids is 2. The second-order valence-corrected chi connectivity index (χ2v) is 8.02. The molecule has 1 atom stereocenters. The van der Waals surface area contributed by atoms with Gasteiger partial charge in [-0.05, 0) is 55.7 Å². The van der Waals surface area contributed by atoms with Crippen molar-refractivity contribution in [1.82, 2.24) is 10.6 Å². The molecular formula is C26H31N3O3. The quantitative estimate of drug-likeness (QED) is 0.500. The van der Waals surface area contributed by atoms with Crippen molar-refractivity contribution < 1.29 is 14.3 Å². The largest absolute Gasteiger partial charge is 0.481 e. The average Bonchev–Trinajstić information content (AvgIpc) is 2.77. The molecule has 6 heteroatoms. The molecule has 1 aliphatic heterocycles. The Morgan fingerprint density at radius 2 is 1.84 bits per heavy atom. The van der Waals surface area contributed by atoms with E-state index in [1.807, 2.05) is 81.5 Å². The Morgan fingerprint density at radius 3 is 2.56 bits per heavy atom. The van der Waals surface area contributed by atoms with Crippen LogP contribution in [0.3, 0.4) is 0 Å². The highest BCUT2D eigenvalue weighted by atomic mass is 16.5. The highest BCUT2D eigenvalue weighted by Gasteiger charge is 2.25. The number of benzene rings is 2. The number of hydrogen-bond acceptors (Lipinski definition) is 3. The van der Waals surface area contributed by atoms with Crippen molar-refractivity contribution in [2.45, 2.75) is 39.7 Å². The lowest BCUT2D eigenvalue weighted by molar-refractivity contribution is -0.120. The number of carbonyl (C=O) groups is 2. The van der Waals surface area contributed by atoms with Crippen molar-refractivity contribution in [3.05, 3.63) is 76.9 Å². The smallest absolute Gasteiger partial charge is 0.319 e. The Hall–Kier alpha value is -3.54. The molecule has 3 amide bonds. The summed E-state index contributed by atoms with van der Waals surface area (Å²) in [6.45, 7) is 6.83. The van der Waals surface area contributed by atoms with E-state index in [1.54, 1.807) is 0 Å². The molecular weight excluding hydrogens is 402 g/mol. The van der Waals surface area contributed by atoms with Crippen LogP contribution in [0.4, 0.5) is 10.5 Å². The molecule has 0 saturated heterocycles. The molecule has 1 aliphatic rings. The fourth-order valence-corrected chi connectivity index (χ4v) is 3.42. The summed E-state index contributed by atoms with van der Waals surface area (Å²) in [5.74, 6) is 0.757. The number of fused-ring (bicyclic) bond motifs is 1. The highest BCUT2D eigenvalue weighted by molar-refractivity contribution is 5.90. The van der Waals surface area contributed by atoms with Crippen molar-refractivity contribution >= 4 is 23.7 Å². The van der Waals surface area contributed by atoms with E-state index in [0.29, 0.717) is 25.2 Å². The minimum atomic E-state index is -0.281. The van der Waals surface area contributed by atoms with Crippen molar-refractivity contribution in [2.24, 2.45) is 0 Å². The molecule has 0 bridgehead atoms. The third-order valence-electron chi connectivity index (χ3n) is 5.03. The number of rotatable bonds is 8. The van der Waals surface area contributed by atoms with Gasteiger partial charge in [-0.2, -0.15) is 0 Å². The van der Waals surface area contributed by atoms with Gasteiger partial charge in [0.25, 0.3) is 0 Å². The molecule has 3 N–H and O–H groups in total. The molecule has 3 rings (SSSR count). The number of ether oxygens (including phenoxy) is 1. The molecule has 0 spiro atoms. The monoisotopic (exact) mass is 433 g/mol. The van der Waals surface area contributed by atoms with Crippen LogP contribution in [0.5, 0.6) is 5.75 Å². The zero-order valence-corrected chi connectivity index (χ0v) is 18.9. The maximum Gasteiger partial charge on any atom is 0.319 e. The number of hydrogen-bond donors (Lipinski definition) is 3. The van der Waals surface area contributed by atoms with Gasteiger partial charge in [0, 0.05) is 30.8 Å². The molecule has 2 aromatic carbocycles. The van der Waals surface area contributed by atoms with Gasteiger partial charge in [-0.1, -0.05) is 48.9 Å². The molecule has 0 saturated carbocycles. The van der Waals surface area contributed by atoms with Crippen LogP contribution in [0.15, 0.2) is 65.8 Å². The van der Waals surface area contributed by atoms with Crippen LogP contribution in [-0.4, -0.2) is 25.0 Å². The first-order valence-corrected chi connectivity index (χ1v) is 11.0. The van der Waals surface area contributed by atoms with Crippen molar-refractivity contribution in [1.29, 1.82) is 0 Å². The van der Waals surface area contributed by atoms with Crippen LogP contribution in [0, 0.1) is 0 Å². The number of anilines is 1. The van der Waals surface area contributed by atoms with E-state index in [1.165, 1.54) is 0 Å². The first kappa shape index (κ1) is 23.1. The lowest BCUT2D eigenvalue weighted by Gasteiger charge is -2.28. The van der Waals surface area contributed by atoms with Gasteiger partial charge in [0.15, 0.2) is 0 Å². The summed E-state index contributed by atoms with van der Waals surface area (Å²) in [4.78, 5) is 24.2. The van der Waals surface area contributed by atoms with Gasteiger partial charge in [-0.25, -0.2) is 4.79 Å². The molecule has 32 heavy (non-hydrogen) atoms. The molecule has 2 aromatic rings. The number of allylic oxidation sites excluding steroid dienone is 1. The minimum Gasteiger partial charge on any atom is -0.481 e. The summed E-state index contributed by atoms with van der Waals surface area (Å²) in [6.07, 6.45) is 5.01. The lowest BCUT2D eigenvalue weighted by atomic mass is 9.95. The van der Waals surface area contributed by atoms with Gasteiger partial charge in [0.1, 0.15) is 11.9 Å². The fraction of sp³-hybridized carbons (Fsp3) is 0.308. The minimum absolute atomic E-state index is 0.0227. The van der Waals surface area contributed by atoms with Crippen LogP contribution in [0.1, 0.15) is 50.8 Å². The second kappa shape index (κ2) is 11.2. The summed E-state index contributed by atoms with van der Waals surface area (Å²) in [7, 11) is 0. The van der Waals surface area contributed by atoms with E-state index in [2.05, 4.69) is 16.0 Å². The topological polar surface area (TPSA) is 79.5 Å². The third-order valence-corrected chi connectivity index (χ3v) is 5.03. The summed E-state index contributed by atoms with van der Waals surface area (Å²) in [6, 6.07) is 15.2. The van der Waals surface area contributed by atoms with Gasteiger partial charge in [0.05, 0.1) is 0 Å². The Morgan fingerprint density at radius 1 is 1.06 bits per heavy atom. The SMILES string of the molecule is CCCC(=O)NCC1=Cc2cc(NC(=O)NCC=C(C)C)ccc2OC1c1ccccc1. The summed E-state index contributed by atoms with van der Waals surface area (Å²) < 4.78 is 6.32. The molecule has 1 heterocycles. The van der Waals surface area contributed by atoms with E-state index in [4.69, 9.17) is 4.74 Å². The standard InChI is InChI=1S/C26H31N3O3/c1-4-8-24(30)28-17-21-15-20-16-22(29-26(31)27-14-13-18(2)3)11-12-23(20)32-25(21)19-9-6-5-7-10-19/h5-7,9-13,15-16,25H,4,8,14,17H2,1-3H3,(H,28,30)(H2,27,29,31). The highest BCUT2D eigenvalue weighted by Crippen LogP contribution is 2.38. The molecule has 1 unspecified atom stereocenters. The summed E-state index contributed by atoms with van der Waals surface area (Å²) in [5.41, 5.74) is 4.66. The summed E-state index contributed by atoms with van der Waals surface area (Å²) in [5, 5.41) is 8.65.